The fraction of sp³-hybridized carbons (Fsp3) is 0.667. The van der Waals surface area contributed by atoms with Crippen molar-refractivity contribution in [2.75, 3.05) is 13.1 Å². The average molecular weight is 432 g/mol. The van der Waals surface area contributed by atoms with Gasteiger partial charge >= 0.3 is 0 Å². The number of nitrogens with zero attached hydrogens (tertiary/aromatic N) is 1. The van der Waals surface area contributed by atoms with Crippen LogP contribution in [0.5, 0.6) is 0 Å². The van der Waals surface area contributed by atoms with Gasteiger partial charge in [0.25, 0.3) is 0 Å². The largest absolute Gasteiger partial charge is 0.350 e. The molecule has 5 rings (SSSR count). The number of amides is 2. The number of nitrogens with one attached hydrogen (secondary N) is 2. The van der Waals surface area contributed by atoms with Crippen LogP contribution in [0.1, 0.15) is 46.1 Å². The van der Waals surface area contributed by atoms with Gasteiger partial charge in [-0.15, -0.1) is 0 Å². The van der Waals surface area contributed by atoms with Crippen LogP contribution in [0, 0.1) is 29.6 Å². The summed E-state index contributed by atoms with van der Waals surface area (Å²) in [7, 11) is 0. The van der Waals surface area contributed by atoms with Crippen molar-refractivity contribution in [3.63, 3.8) is 0 Å². The van der Waals surface area contributed by atoms with Gasteiger partial charge < -0.3 is 10.6 Å². The summed E-state index contributed by atoms with van der Waals surface area (Å²) < 4.78 is 0. The second-order valence-electron chi connectivity index (χ2n) is 10.3. The molecule has 1 aromatic rings. The molecule has 3 aliphatic heterocycles. The van der Waals surface area contributed by atoms with Crippen molar-refractivity contribution in [2.45, 2.75) is 58.7 Å². The van der Waals surface area contributed by atoms with Crippen LogP contribution in [-0.2, 0) is 16.1 Å². The van der Waals surface area contributed by atoms with Crippen molar-refractivity contribution < 1.29 is 9.59 Å². The summed E-state index contributed by atoms with van der Waals surface area (Å²) >= 11 is 5.98. The van der Waals surface area contributed by atoms with E-state index in [0.717, 1.165) is 31.5 Å². The molecule has 4 bridgehead atoms. The van der Waals surface area contributed by atoms with E-state index in [2.05, 4.69) is 43.2 Å². The molecule has 1 saturated carbocycles. The zero-order valence-corrected chi connectivity index (χ0v) is 19.2. The van der Waals surface area contributed by atoms with Crippen LogP contribution in [-0.4, -0.2) is 41.4 Å². The summed E-state index contributed by atoms with van der Waals surface area (Å²) in [6.45, 7) is 11.2. The van der Waals surface area contributed by atoms with Gasteiger partial charge in [0.2, 0.25) is 11.8 Å². The maximum Gasteiger partial charge on any atom is 0.248 e. The highest BCUT2D eigenvalue weighted by Crippen LogP contribution is 2.54. The smallest absolute Gasteiger partial charge is 0.248 e. The molecule has 1 aromatic carbocycles. The van der Waals surface area contributed by atoms with Crippen LogP contribution in [0.15, 0.2) is 24.3 Å². The number of fused-ring (bicyclic) bond motifs is 1. The molecule has 2 N–H and O–H groups in total. The fourth-order valence-corrected chi connectivity index (χ4v) is 6.34. The standard InChI is InChI=1S/C24H34ClN3O2/c1-14(2)9-19-20-10-17-13-28(12-15(3)4)21(19)24(17,27-22(20)29)23(30)26-11-16-5-7-18(25)8-6-16/h5-8,14-15,17,19-21H,9-13H2,1-4H3,(H,26,30)(H,27,29). The normalized spacial score (nSPS) is 32.7. The average Bonchev–Trinajstić information content (AvgIpc) is 2.89. The molecule has 2 amide bonds. The van der Waals surface area contributed by atoms with Crippen molar-refractivity contribution in [1.82, 2.24) is 15.5 Å². The molecule has 4 fully saturated rings. The number of carbonyl (C=O) groups is 2. The van der Waals surface area contributed by atoms with Crippen molar-refractivity contribution in [3.05, 3.63) is 34.9 Å². The molecule has 5 atom stereocenters. The number of hydrogen-bond acceptors (Lipinski definition) is 3. The zero-order chi connectivity index (χ0) is 21.6. The van der Waals surface area contributed by atoms with E-state index in [0.29, 0.717) is 23.4 Å². The number of benzene rings is 1. The van der Waals surface area contributed by atoms with Crippen LogP contribution in [0.4, 0.5) is 0 Å². The lowest BCUT2D eigenvalue weighted by molar-refractivity contribution is -0.155. The van der Waals surface area contributed by atoms with Crippen LogP contribution in [0.25, 0.3) is 0 Å². The molecule has 6 heteroatoms. The molecule has 5 unspecified atom stereocenters. The van der Waals surface area contributed by atoms with Crippen LogP contribution in [0.2, 0.25) is 5.02 Å². The number of rotatable bonds is 7. The van der Waals surface area contributed by atoms with Gasteiger partial charge in [0.15, 0.2) is 0 Å². The van der Waals surface area contributed by atoms with Crippen molar-refractivity contribution in [2.24, 2.45) is 29.6 Å². The first-order chi connectivity index (χ1) is 14.2. The summed E-state index contributed by atoms with van der Waals surface area (Å²) in [6.07, 6.45) is 1.80. The molecule has 164 valence electrons. The lowest BCUT2D eigenvalue weighted by atomic mass is 9.57. The third kappa shape index (κ3) is 3.64. The monoisotopic (exact) mass is 431 g/mol. The van der Waals surface area contributed by atoms with Crippen molar-refractivity contribution >= 4 is 23.4 Å². The molecular formula is C24H34ClN3O2. The summed E-state index contributed by atoms with van der Waals surface area (Å²) in [6, 6.07) is 7.60. The van der Waals surface area contributed by atoms with E-state index in [-0.39, 0.29) is 35.6 Å². The van der Waals surface area contributed by atoms with E-state index < -0.39 is 5.54 Å². The van der Waals surface area contributed by atoms with Crippen LogP contribution in [0.3, 0.4) is 0 Å². The van der Waals surface area contributed by atoms with E-state index in [9.17, 15) is 9.59 Å². The molecule has 0 aromatic heterocycles. The van der Waals surface area contributed by atoms with Gasteiger partial charge in [-0.2, -0.15) is 0 Å². The Morgan fingerprint density at radius 3 is 2.57 bits per heavy atom. The number of likely N-dealkylation sites (tertiary alicyclic amines) is 1. The molecular weight excluding hydrogens is 398 g/mol. The predicted octanol–water partition coefficient (Wildman–Crippen LogP) is 3.46. The van der Waals surface area contributed by atoms with Gasteiger partial charge in [0, 0.05) is 42.5 Å². The molecule has 3 heterocycles. The molecule has 0 spiro atoms. The van der Waals surface area contributed by atoms with Crippen LogP contribution >= 0.6 is 11.6 Å². The maximum absolute atomic E-state index is 13.7. The third-order valence-corrected chi connectivity index (χ3v) is 7.42. The van der Waals surface area contributed by atoms with E-state index in [4.69, 9.17) is 11.6 Å². The molecule has 5 nitrogen and oxygen atoms in total. The molecule has 0 radical (unpaired) electrons. The number of hydrogen-bond donors (Lipinski definition) is 2. The summed E-state index contributed by atoms with van der Waals surface area (Å²) in [4.78, 5) is 29.2. The number of halogens is 1. The van der Waals surface area contributed by atoms with Gasteiger partial charge in [-0.3, -0.25) is 14.5 Å². The van der Waals surface area contributed by atoms with Gasteiger partial charge in [-0.1, -0.05) is 51.4 Å². The maximum atomic E-state index is 13.7. The SMILES string of the molecule is CC(C)CC1C2CC3CN(CC(C)C)C1C3(C(=O)NCc1ccc(Cl)cc1)NC2=O. The first-order valence-electron chi connectivity index (χ1n) is 11.3. The third-order valence-electron chi connectivity index (χ3n) is 7.17. The molecule has 1 aliphatic carbocycles. The Morgan fingerprint density at radius 2 is 1.93 bits per heavy atom. The summed E-state index contributed by atoms with van der Waals surface area (Å²) in [5.41, 5.74) is 0.192. The van der Waals surface area contributed by atoms with Crippen molar-refractivity contribution in [1.29, 1.82) is 0 Å². The summed E-state index contributed by atoms with van der Waals surface area (Å²) in [5, 5.41) is 7.06. The Hall–Kier alpha value is -1.59. The Morgan fingerprint density at radius 1 is 1.23 bits per heavy atom. The minimum Gasteiger partial charge on any atom is -0.350 e. The minimum absolute atomic E-state index is 0.0287. The van der Waals surface area contributed by atoms with Crippen molar-refractivity contribution in [3.8, 4) is 0 Å². The van der Waals surface area contributed by atoms with Gasteiger partial charge in [0.05, 0.1) is 0 Å². The molecule has 3 saturated heterocycles. The van der Waals surface area contributed by atoms with Gasteiger partial charge in [-0.05, 0) is 48.3 Å². The quantitative estimate of drug-likeness (QED) is 0.694. The first kappa shape index (κ1) is 21.6. The highest BCUT2D eigenvalue weighted by Gasteiger charge is 2.70. The molecule has 4 aliphatic rings. The Bertz CT molecular complexity index is 809. The highest BCUT2D eigenvalue weighted by atomic mass is 35.5. The lowest BCUT2D eigenvalue weighted by Crippen LogP contribution is -2.77. The van der Waals surface area contributed by atoms with E-state index in [1.54, 1.807) is 0 Å². The summed E-state index contributed by atoms with van der Waals surface area (Å²) in [5.74, 6) is 1.50. The van der Waals surface area contributed by atoms with Crippen LogP contribution < -0.4 is 10.6 Å². The first-order valence-corrected chi connectivity index (χ1v) is 11.7. The Balaban J connectivity index is 1.63. The van der Waals surface area contributed by atoms with E-state index >= 15 is 0 Å². The topological polar surface area (TPSA) is 61.4 Å². The minimum atomic E-state index is -0.813. The van der Waals surface area contributed by atoms with E-state index in [1.165, 1.54) is 0 Å². The molecule has 30 heavy (non-hydrogen) atoms. The second kappa shape index (κ2) is 8.16. The Labute approximate surface area is 184 Å². The highest BCUT2D eigenvalue weighted by molar-refractivity contribution is 6.30. The predicted molar refractivity (Wildman–Crippen MR) is 119 cm³/mol. The van der Waals surface area contributed by atoms with Gasteiger partial charge in [-0.25, -0.2) is 0 Å². The number of piperidine rings is 2. The second-order valence-corrected chi connectivity index (χ2v) is 10.7. The zero-order valence-electron chi connectivity index (χ0n) is 18.5. The number of carbonyl (C=O) groups excluding carboxylic acids is 2. The van der Waals surface area contributed by atoms with Gasteiger partial charge in [0.1, 0.15) is 5.54 Å². The lowest BCUT2D eigenvalue weighted by Gasteiger charge is -2.55. The van der Waals surface area contributed by atoms with E-state index in [1.807, 2.05) is 24.3 Å². The Kier molecular flexibility index (Phi) is 5.88. The fourth-order valence-electron chi connectivity index (χ4n) is 6.22.